The molecule has 112 valence electrons. The van der Waals surface area contributed by atoms with E-state index in [0.29, 0.717) is 12.3 Å². The standard InChI is InChI=1S/C15H23NO3S/c1-2-3-9-19-15-6-4-13(5-7-15)11-16-14-8-10-20(17,18)12-14/h4-7,14,16H,2-3,8-12H2,1H3. The number of unbranched alkanes of at least 4 members (excludes halogenated alkanes) is 1. The minimum Gasteiger partial charge on any atom is -0.494 e. The highest BCUT2D eigenvalue weighted by Gasteiger charge is 2.27. The third kappa shape index (κ3) is 4.80. The Labute approximate surface area is 121 Å². The molecule has 1 aliphatic rings. The fraction of sp³-hybridized carbons (Fsp3) is 0.600. The van der Waals surface area contributed by atoms with Gasteiger partial charge in [-0.05, 0) is 30.5 Å². The van der Waals surface area contributed by atoms with Crippen LogP contribution in [0.5, 0.6) is 5.75 Å². The quantitative estimate of drug-likeness (QED) is 0.784. The van der Waals surface area contributed by atoms with Gasteiger partial charge in [0, 0.05) is 12.6 Å². The molecule has 1 aromatic carbocycles. The molecule has 20 heavy (non-hydrogen) atoms. The highest BCUT2D eigenvalue weighted by atomic mass is 32.2. The molecule has 0 bridgehead atoms. The molecule has 1 fully saturated rings. The largest absolute Gasteiger partial charge is 0.494 e. The number of rotatable bonds is 7. The van der Waals surface area contributed by atoms with Crippen molar-refractivity contribution in [2.24, 2.45) is 0 Å². The van der Waals surface area contributed by atoms with Gasteiger partial charge in [0.1, 0.15) is 5.75 Å². The molecular weight excluding hydrogens is 274 g/mol. The van der Waals surface area contributed by atoms with E-state index in [0.717, 1.165) is 37.2 Å². The zero-order chi connectivity index (χ0) is 14.4. The lowest BCUT2D eigenvalue weighted by Gasteiger charge is -2.11. The van der Waals surface area contributed by atoms with Crippen molar-refractivity contribution in [1.82, 2.24) is 5.32 Å². The minimum absolute atomic E-state index is 0.0977. The van der Waals surface area contributed by atoms with E-state index in [2.05, 4.69) is 12.2 Å². The fourth-order valence-electron chi connectivity index (χ4n) is 2.26. The molecule has 1 aromatic rings. The second kappa shape index (κ2) is 7.09. The average molecular weight is 297 g/mol. The van der Waals surface area contributed by atoms with Gasteiger partial charge >= 0.3 is 0 Å². The summed E-state index contributed by atoms with van der Waals surface area (Å²) in [6.07, 6.45) is 2.92. The second-order valence-electron chi connectivity index (χ2n) is 5.33. The van der Waals surface area contributed by atoms with E-state index in [4.69, 9.17) is 4.74 Å². The van der Waals surface area contributed by atoms with E-state index in [-0.39, 0.29) is 11.8 Å². The van der Waals surface area contributed by atoms with Gasteiger partial charge in [0.25, 0.3) is 0 Å². The zero-order valence-electron chi connectivity index (χ0n) is 12.0. The van der Waals surface area contributed by atoms with Gasteiger partial charge in [0.15, 0.2) is 9.84 Å². The van der Waals surface area contributed by atoms with Crippen LogP contribution in [-0.4, -0.2) is 32.6 Å². The van der Waals surface area contributed by atoms with Crippen LogP contribution in [0.1, 0.15) is 31.7 Å². The van der Waals surface area contributed by atoms with Crippen molar-refractivity contribution in [3.63, 3.8) is 0 Å². The molecule has 0 aliphatic carbocycles. The normalized spacial score (nSPS) is 20.9. The third-order valence-electron chi connectivity index (χ3n) is 3.52. The maximum Gasteiger partial charge on any atom is 0.151 e. The number of ether oxygens (including phenoxy) is 1. The van der Waals surface area contributed by atoms with E-state index in [1.54, 1.807) is 0 Å². The molecule has 1 aliphatic heterocycles. The first-order valence-corrected chi connectivity index (χ1v) is 9.07. The first-order chi connectivity index (χ1) is 9.59. The molecule has 1 unspecified atom stereocenters. The maximum atomic E-state index is 11.4. The van der Waals surface area contributed by atoms with Crippen molar-refractivity contribution in [3.8, 4) is 5.75 Å². The Morgan fingerprint density at radius 2 is 2.05 bits per heavy atom. The first kappa shape index (κ1) is 15.3. The van der Waals surface area contributed by atoms with Gasteiger partial charge in [-0.2, -0.15) is 0 Å². The maximum absolute atomic E-state index is 11.4. The van der Waals surface area contributed by atoms with E-state index < -0.39 is 9.84 Å². The van der Waals surface area contributed by atoms with Crippen LogP contribution < -0.4 is 10.1 Å². The lowest BCUT2D eigenvalue weighted by atomic mass is 10.2. The van der Waals surface area contributed by atoms with Gasteiger partial charge < -0.3 is 10.1 Å². The van der Waals surface area contributed by atoms with Crippen molar-refractivity contribution < 1.29 is 13.2 Å². The molecule has 0 amide bonds. The molecule has 1 heterocycles. The zero-order valence-corrected chi connectivity index (χ0v) is 12.8. The van der Waals surface area contributed by atoms with Crippen LogP contribution in [0.25, 0.3) is 0 Å². The van der Waals surface area contributed by atoms with Crippen LogP contribution >= 0.6 is 0 Å². The molecule has 5 heteroatoms. The van der Waals surface area contributed by atoms with E-state index in [9.17, 15) is 8.42 Å². The summed E-state index contributed by atoms with van der Waals surface area (Å²) in [4.78, 5) is 0. The second-order valence-corrected chi connectivity index (χ2v) is 7.56. The number of hydrogen-bond donors (Lipinski definition) is 1. The lowest BCUT2D eigenvalue weighted by Crippen LogP contribution is -2.29. The Balaban J connectivity index is 1.76. The first-order valence-electron chi connectivity index (χ1n) is 7.24. The summed E-state index contributed by atoms with van der Waals surface area (Å²) >= 11 is 0. The van der Waals surface area contributed by atoms with Gasteiger partial charge in [-0.1, -0.05) is 25.5 Å². The summed E-state index contributed by atoms with van der Waals surface area (Å²) in [5.74, 6) is 1.48. The SMILES string of the molecule is CCCCOc1ccc(CNC2CCS(=O)(=O)C2)cc1. The molecule has 2 rings (SSSR count). The Morgan fingerprint density at radius 1 is 1.30 bits per heavy atom. The molecule has 0 spiro atoms. The van der Waals surface area contributed by atoms with Crippen LogP contribution in [-0.2, 0) is 16.4 Å². The van der Waals surface area contributed by atoms with E-state index in [1.165, 1.54) is 0 Å². The molecule has 4 nitrogen and oxygen atoms in total. The van der Waals surface area contributed by atoms with Crippen LogP contribution in [0.15, 0.2) is 24.3 Å². The number of sulfone groups is 1. The Kier molecular flexibility index (Phi) is 5.43. The fourth-order valence-corrected chi connectivity index (χ4v) is 3.96. The third-order valence-corrected chi connectivity index (χ3v) is 5.29. The molecule has 0 radical (unpaired) electrons. The predicted molar refractivity (Wildman–Crippen MR) is 80.7 cm³/mol. The summed E-state index contributed by atoms with van der Waals surface area (Å²) in [5, 5.41) is 3.31. The number of nitrogens with one attached hydrogen (secondary N) is 1. The molecule has 1 saturated heterocycles. The summed E-state index contributed by atoms with van der Waals surface area (Å²) < 4.78 is 28.3. The smallest absolute Gasteiger partial charge is 0.151 e. The van der Waals surface area contributed by atoms with Gasteiger partial charge in [-0.3, -0.25) is 0 Å². The predicted octanol–water partition coefficient (Wildman–Crippen LogP) is 2.14. The Bertz CT molecular complexity index is 510. The highest BCUT2D eigenvalue weighted by molar-refractivity contribution is 7.91. The summed E-state index contributed by atoms with van der Waals surface area (Å²) in [6, 6.07) is 8.09. The molecule has 0 saturated carbocycles. The van der Waals surface area contributed by atoms with E-state index >= 15 is 0 Å². The van der Waals surface area contributed by atoms with Crippen molar-refractivity contribution in [2.75, 3.05) is 18.1 Å². The number of benzene rings is 1. The van der Waals surface area contributed by atoms with Crippen LogP contribution in [0.3, 0.4) is 0 Å². The molecule has 0 aromatic heterocycles. The molecule has 1 atom stereocenters. The summed E-state index contributed by atoms with van der Waals surface area (Å²) in [5.41, 5.74) is 1.15. The molecular formula is C15H23NO3S. The molecule has 1 N–H and O–H groups in total. The monoisotopic (exact) mass is 297 g/mol. The summed E-state index contributed by atoms with van der Waals surface area (Å²) in [6.45, 7) is 3.60. The van der Waals surface area contributed by atoms with E-state index in [1.807, 2.05) is 24.3 Å². The van der Waals surface area contributed by atoms with Crippen molar-refractivity contribution >= 4 is 9.84 Å². The Morgan fingerprint density at radius 3 is 2.65 bits per heavy atom. The average Bonchev–Trinajstić information content (AvgIpc) is 2.78. The van der Waals surface area contributed by atoms with Crippen molar-refractivity contribution in [1.29, 1.82) is 0 Å². The topological polar surface area (TPSA) is 55.4 Å². The minimum atomic E-state index is -2.80. The summed E-state index contributed by atoms with van der Waals surface area (Å²) in [7, 11) is -2.80. The van der Waals surface area contributed by atoms with Gasteiger partial charge in [-0.25, -0.2) is 8.42 Å². The van der Waals surface area contributed by atoms with Crippen molar-refractivity contribution in [2.45, 2.75) is 38.8 Å². The lowest BCUT2D eigenvalue weighted by molar-refractivity contribution is 0.309. The van der Waals surface area contributed by atoms with Crippen LogP contribution in [0, 0.1) is 0 Å². The van der Waals surface area contributed by atoms with Gasteiger partial charge in [0.05, 0.1) is 18.1 Å². The van der Waals surface area contributed by atoms with Gasteiger partial charge in [0.2, 0.25) is 0 Å². The highest BCUT2D eigenvalue weighted by Crippen LogP contribution is 2.15. The number of hydrogen-bond acceptors (Lipinski definition) is 4. The Hall–Kier alpha value is -1.07. The van der Waals surface area contributed by atoms with Crippen LogP contribution in [0.2, 0.25) is 0 Å². The van der Waals surface area contributed by atoms with Gasteiger partial charge in [-0.15, -0.1) is 0 Å². The van der Waals surface area contributed by atoms with Crippen molar-refractivity contribution in [3.05, 3.63) is 29.8 Å². The van der Waals surface area contributed by atoms with Crippen LogP contribution in [0.4, 0.5) is 0 Å².